The summed E-state index contributed by atoms with van der Waals surface area (Å²) >= 11 is 0. The van der Waals surface area contributed by atoms with Crippen molar-refractivity contribution in [3.8, 4) is 5.69 Å². The summed E-state index contributed by atoms with van der Waals surface area (Å²) in [6.45, 7) is 0. The van der Waals surface area contributed by atoms with Crippen LogP contribution in [0.2, 0.25) is 0 Å². The standard InChI is InChI=1S/C13H7F4N3/c14-6-1-2-10(8(16)3-6)20-11-5-7(15)4-9(17)12(11)19-13(20)18/h1-5H,(H2,18,19). The number of imidazole rings is 1. The molecule has 1 heterocycles. The van der Waals surface area contributed by atoms with Crippen molar-refractivity contribution in [2.75, 3.05) is 5.73 Å². The van der Waals surface area contributed by atoms with Gasteiger partial charge in [-0.25, -0.2) is 22.5 Å². The van der Waals surface area contributed by atoms with Gasteiger partial charge in [-0.05, 0) is 12.1 Å². The largest absolute Gasteiger partial charge is 0.369 e. The fraction of sp³-hybridized carbons (Fsp3) is 0. The highest BCUT2D eigenvalue weighted by Gasteiger charge is 2.17. The fourth-order valence-corrected chi connectivity index (χ4v) is 2.04. The predicted molar refractivity (Wildman–Crippen MR) is 65.3 cm³/mol. The third kappa shape index (κ3) is 1.78. The first-order valence-corrected chi connectivity index (χ1v) is 5.56. The summed E-state index contributed by atoms with van der Waals surface area (Å²) in [4.78, 5) is 3.73. The van der Waals surface area contributed by atoms with Crippen LogP contribution in [0.15, 0.2) is 30.3 Å². The number of hydrogen-bond acceptors (Lipinski definition) is 2. The number of fused-ring (bicyclic) bond motifs is 1. The lowest BCUT2D eigenvalue weighted by molar-refractivity contribution is 0.578. The Kier molecular flexibility index (Phi) is 2.63. The van der Waals surface area contributed by atoms with Gasteiger partial charge in [-0.15, -0.1) is 0 Å². The molecule has 102 valence electrons. The summed E-state index contributed by atoms with van der Waals surface area (Å²) in [5.41, 5.74) is 5.25. The van der Waals surface area contributed by atoms with Crippen LogP contribution in [0.3, 0.4) is 0 Å². The Morgan fingerprint density at radius 3 is 2.30 bits per heavy atom. The van der Waals surface area contributed by atoms with Crippen molar-refractivity contribution in [3.05, 3.63) is 53.6 Å². The molecule has 7 heteroatoms. The molecule has 0 unspecified atom stereocenters. The Labute approximate surface area is 110 Å². The summed E-state index contributed by atoms with van der Waals surface area (Å²) in [5.74, 6) is -3.67. The molecule has 0 bridgehead atoms. The van der Waals surface area contributed by atoms with E-state index in [1.54, 1.807) is 0 Å². The van der Waals surface area contributed by atoms with E-state index in [0.29, 0.717) is 12.1 Å². The van der Waals surface area contributed by atoms with Crippen LogP contribution in [0.4, 0.5) is 23.5 Å². The SMILES string of the molecule is Nc1nc2c(F)cc(F)cc2n1-c1ccc(F)cc1F. The van der Waals surface area contributed by atoms with Crippen molar-refractivity contribution >= 4 is 17.0 Å². The molecule has 1 aromatic heterocycles. The zero-order valence-corrected chi connectivity index (χ0v) is 9.87. The van der Waals surface area contributed by atoms with E-state index in [-0.39, 0.29) is 22.7 Å². The first kappa shape index (κ1) is 12.5. The maximum absolute atomic E-state index is 13.8. The highest BCUT2D eigenvalue weighted by molar-refractivity contribution is 5.81. The zero-order valence-electron chi connectivity index (χ0n) is 9.87. The first-order chi connectivity index (χ1) is 9.47. The van der Waals surface area contributed by atoms with Gasteiger partial charge < -0.3 is 5.73 Å². The minimum atomic E-state index is -0.916. The Hall–Kier alpha value is -2.57. The van der Waals surface area contributed by atoms with Crippen LogP contribution >= 0.6 is 0 Å². The van der Waals surface area contributed by atoms with Crippen molar-refractivity contribution in [1.29, 1.82) is 0 Å². The van der Waals surface area contributed by atoms with E-state index < -0.39 is 23.3 Å². The van der Waals surface area contributed by atoms with Crippen LogP contribution < -0.4 is 5.73 Å². The Bertz CT molecular complexity index is 826. The number of hydrogen-bond donors (Lipinski definition) is 1. The van der Waals surface area contributed by atoms with Gasteiger partial charge in [0.2, 0.25) is 5.95 Å². The van der Waals surface area contributed by atoms with Gasteiger partial charge in [-0.2, -0.15) is 0 Å². The van der Waals surface area contributed by atoms with Gasteiger partial charge >= 0.3 is 0 Å². The molecule has 0 fully saturated rings. The van der Waals surface area contributed by atoms with E-state index in [9.17, 15) is 17.6 Å². The second-order valence-electron chi connectivity index (χ2n) is 4.16. The highest BCUT2D eigenvalue weighted by atomic mass is 19.1. The molecule has 2 aromatic carbocycles. The smallest absolute Gasteiger partial charge is 0.206 e. The molecule has 0 atom stereocenters. The highest BCUT2D eigenvalue weighted by Crippen LogP contribution is 2.27. The van der Waals surface area contributed by atoms with Crippen molar-refractivity contribution in [2.24, 2.45) is 0 Å². The van der Waals surface area contributed by atoms with Crippen LogP contribution in [0.1, 0.15) is 0 Å². The maximum Gasteiger partial charge on any atom is 0.206 e. The molecule has 20 heavy (non-hydrogen) atoms. The molecule has 0 radical (unpaired) electrons. The van der Waals surface area contributed by atoms with Crippen LogP contribution in [-0.4, -0.2) is 9.55 Å². The van der Waals surface area contributed by atoms with E-state index >= 15 is 0 Å². The van der Waals surface area contributed by atoms with Crippen LogP contribution in [-0.2, 0) is 0 Å². The lowest BCUT2D eigenvalue weighted by atomic mass is 10.2. The number of nitrogens with zero attached hydrogens (tertiary/aromatic N) is 2. The van der Waals surface area contributed by atoms with E-state index in [4.69, 9.17) is 5.73 Å². The van der Waals surface area contributed by atoms with Gasteiger partial charge in [-0.1, -0.05) is 0 Å². The topological polar surface area (TPSA) is 43.8 Å². The Morgan fingerprint density at radius 1 is 0.900 bits per heavy atom. The fourth-order valence-electron chi connectivity index (χ4n) is 2.04. The molecular formula is C13H7F4N3. The molecule has 0 saturated carbocycles. The van der Waals surface area contributed by atoms with E-state index in [0.717, 1.165) is 22.8 Å². The van der Waals surface area contributed by atoms with E-state index in [1.165, 1.54) is 0 Å². The Balaban J connectivity index is 2.38. The molecule has 3 rings (SSSR count). The number of benzene rings is 2. The van der Waals surface area contributed by atoms with Crippen LogP contribution in [0.5, 0.6) is 0 Å². The van der Waals surface area contributed by atoms with Gasteiger partial charge in [-0.3, -0.25) is 4.57 Å². The van der Waals surface area contributed by atoms with Gasteiger partial charge in [0.25, 0.3) is 0 Å². The normalized spacial score (nSPS) is 11.2. The molecule has 3 aromatic rings. The van der Waals surface area contributed by atoms with Crippen LogP contribution in [0, 0.1) is 23.3 Å². The molecule has 0 aliphatic rings. The average Bonchev–Trinajstić information content (AvgIpc) is 2.67. The first-order valence-electron chi connectivity index (χ1n) is 5.56. The molecule has 2 N–H and O–H groups in total. The number of nitrogen functional groups attached to an aromatic ring is 1. The predicted octanol–water partition coefficient (Wildman–Crippen LogP) is 3.16. The molecule has 0 amide bonds. The van der Waals surface area contributed by atoms with Crippen molar-refractivity contribution in [3.63, 3.8) is 0 Å². The van der Waals surface area contributed by atoms with Crippen molar-refractivity contribution in [1.82, 2.24) is 9.55 Å². The second-order valence-corrected chi connectivity index (χ2v) is 4.16. The third-order valence-corrected chi connectivity index (χ3v) is 2.86. The van der Waals surface area contributed by atoms with E-state index in [2.05, 4.69) is 4.98 Å². The minimum absolute atomic E-state index is 0.0366. The van der Waals surface area contributed by atoms with Crippen LogP contribution in [0.25, 0.3) is 16.7 Å². The summed E-state index contributed by atoms with van der Waals surface area (Å²) in [6.07, 6.45) is 0. The van der Waals surface area contributed by atoms with Crippen molar-refractivity contribution in [2.45, 2.75) is 0 Å². The molecule has 0 aliphatic heterocycles. The zero-order chi connectivity index (χ0) is 14.4. The lowest BCUT2D eigenvalue weighted by Crippen LogP contribution is -2.03. The third-order valence-electron chi connectivity index (χ3n) is 2.86. The Morgan fingerprint density at radius 2 is 1.60 bits per heavy atom. The molecule has 0 saturated heterocycles. The van der Waals surface area contributed by atoms with E-state index in [1.807, 2.05) is 0 Å². The monoisotopic (exact) mass is 281 g/mol. The molecule has 0 spiro atoms. The molecular weight excluding hydrogens is 274 g/mol. The summed E-state index contributed by atoms with van der Waals surface area (Å²) in [5, 5.41) is 0. The van der Waals surface area contributed by atoms with Gasteiger partial charge in [0.05, 0.1) is 11.2 Å². The summed E-state index contributed by atoms with van der Waals surface area (Å²) in [6, 6.07) is 4.41. The number of aromatic nitrogens is 2. The van der Waals surface area contributed by atoms with Crippen molar-refractivity contribution < 1.29 is 17.6 Å². The number of halogens is 4. The molecule has 3 nitrogen and oxygen atoms in total. The average molecular weight is 281 g/mol. The number of anilines is 1. The van der Waals surface area contributed by atoms with Gasteiger partial charge in [0.1, 0.15) is 23.0 Å². The summed E-state index contributed by atoms with van der Waals surface area (Å²) < 4.78 is 54.6. The number of rotatable bonds is 1. The molecule has 0 aliphatic carbocycles. The maximum atomic E-state index is 13.8. The number of nitrogens with two attached hydrogens (primary N) is 1. The quantitative estimate of drug-likeness (QED) is 0.696. The lowest BCUT2D eigenvalue weighted by Gasteiger charge is -2.07. The summed E-state index contributed by atoms with van der Waals surface area (Å²) in [7, 11) is 0. The second kappa shape index (κ2) is 4.22. The van der Waals surface area contributed by atoms with Gasteiger partial charge in [0, 0.05) is 18.2 Å². The minimum Gasteiger partial charge on any atom is -0.369 e. The van der Waals surface area contributed by atoms with Gasteiger partial charge in [0.15, 0.2) is 5.82 Å².